The molecule has 0 heterocycles. The molecule has 0 aromatic carbocycles. The number of hydrogen-bond acceptors (Lipinski definition) is 1. The van der Waals surface area contributed by atoms with E-state index in [1.165, 1.54) is 38.6 Å². The second-order valence-electron chi connectivity index (χ2n) is 4.45. The fourth-order valence-corrected chi connectivity index (χ4v) is 2.31. The summed E-state index contributed by atoms with van der Waals surface area (Å²) in [6, 6.07) is 0. The molecule has 0 amide bonds. The second kappa shape index (κ2) is 6.90. The molecule has 0 unspecified atom stereocenters. The van der Waals surface area contributed by atoms with Crippen molar-refractivity contribution >= 4 is 0 Å². The van der Waals surface area contributed by atoms with Crippen LogP contribution in [-0.4, -0.2) is 13.1 Å². The van der Waals surface area contributed by atoms with E-state index in [1.54, 1.807) is 0 Å². The fourth-order valence-electron chi connectivity index (χ4n) is 2.31. The molecule has 14 heavy (non-hydrogen) atoms. The molecular formula is C13H23N. The summed E-state index contributed by atoms with van der Waals surface area (Å²) in [5, 5.41) is 3.45. The standard InChI is InChI=1S/C13H23N/c1-3-5-10-14-11-13-8-6-12(4-2)7-9-13/h1,12-14H,4-11H2,2H3. The molecular weight excluding hydrogens is 170 g/mol. The molecule has 1 aliphatic carbocycles. The summed E-state index contributed by atoms with van der Waals surface area (Å²) in [4.78, 5) is 0. The lowest BCUT2D eigenvalue weighted by Crippen LogP contribution is -2.27. The van der Waals surface area contributed by atoms with Gasteiger partial charge in [0.1, 0.15) is 0 Å². The summed E-state index contributed by atoms with van der Waals surface area (Å²) < 4.78 is 0. The van der Waals surface area contributed by atoms with Gasteiger partial charge < -0.3 is 5.32 Å². The van der Waals surface area contributed by atoms with E-state index < -0.39 is 0 Å². The molecule has 80 valence electrons. The number of nitrogens with one attached hydrogen (secondary N) is 1. The minimum absolute atomic E-state index is 0.865. The zero-order chi connectivity index (χ0) is 10.2. The predicted molar refractivity (Wildman–Crippen MR) is 62.1 cm³/mol. The predicted octanol–water partition coefficient (Wildman–Crippen LogP) is 2.82. The van der Waals surface area contributed by atoms with Gasteiger partial charge in [0.05, 0.1) is 0 Å². The smallest absolute Gasteiger partial charge is 0.0211 e. The van der Waals surface area contributed by atoms with E-state index >= 15 is 0 Å². The third-order valence-corrected chi connectivity index (χ3v) is 3.42. The Labute approximate surface area is 88.7 Å². The van der Waals surface area contributed by atoms with Gasteiger partial charge in [-0.2, -0.15) is 0 Å². The normalized spacial score (nSPS) is 27.1. The minimum atomic E-state index is 0.865. The van der Waals surface area contributed by atoms with Crippen LogP contribution in [0.4, 0.5) is 0 Å². The van der Waals surface area contributed by atoms with Crippen molar-refractivity contribution in [2.24, 2.45) is 11.8 Å². The van der Waals surface area contributed by atoms with Gasteiger partial charge in [0.2, 0.25) is 0 Å². The quantitative estimate of drug-likeness (QED) is 0.523. The van der Waals surface area contributed by atoms with Gasteiger partial charge in [0.25, 0.3) is 0 Å². The molecule has 0 spiro atoms. The van der Waals surface area contributed by atoms with Crippen LogP contribution < -0.4 is 5.32 Å². The fraction of sp³-hybridized carbons (Fsp3) is 0.846. The molecule has 0 radical (unpaired) electrons. The lowest BCUT2D eigenvalue weighted by Gasteiger charge is -2.27. The highest BCUT2D eigenvalue weighted by atomic mass is 14.8. The molecule has 0 bridgehead atoms. The molecule has 1 aliphatic rings. The lowest BCUT2D eigenvalue weighted by atomic mass is 9.81. The minimum Gasteiger partial charge on any atom is -0.316 e. The molecule has 1 heteroatoms. The van der Waals surface area contributed by atoms with Gasteiger partial charge in [0, 0.05) is 13.0 Å². The summed E-state index contributed by atoms with van der Waals surface area (Å²) in [5.74, 6) is 4.58. The summed E-state index contributed by atoms with van der Waals surface area (Å²) in [5.41, 5.74) is 0. The molecule has 0 saturated heterocycles. The maximum Gasteiger partial charge on any atom is 0.0211 e. The zero-order valence-electron chi connectivity index (χ0n) is 9.39. The summed E-state index contributed by atoms with van der Waals surface area (Å²) in [6.07, 6.45) is 13.2. The molecule has 1 N–H and O–H groups in total. The summed E-state index contributed by atoms with van der Waals surface area (Å²) >= 11 is 0. The first-order valence-electron chi connectivity index (χ1n) is 6.01. The number of rotatable bonds is 5. The SMILES string of the molecule is C#CCCNCC1CCC(CC)CC1. The van der Waals surface area contributed by atoms with E-state index in [0.717, 1.165) is 24.8 Å². The van der Waals surface area contributed by atoms with Crippen molar-refractivity contribution < 1.29 is 0 Å². The summed E-state index contributed by atoms with van der Waals surface area (Å²) in [7, 11) is 0. The second-order valence-corrected chi connectivity index (χ2v) is 4.45. The first-order chi connectivity index (χ1) is 6.86. The van der Waals surface area contributed by atoms with Gasteiger partial charge in [-0.15, -0.1) is 12.3 Å². The van der Waals surface area contributed by atoms with Gasteiger partial charge in [-0.1, -0.05) is 26.2 Å². The van der Waals surface area contributed by atoms with Crippen LogP contribution in [0.5, 0.6) is 0 Å². The molecule has 0 aliphatic heterocycles. The van der Waals surface area contributed by atoms with Crippen LogP contribution in [0, 0.1) is 24.2 Å². The highest BCUT2D eigenvalue weighted by Crippen LogP contribution is 2.29. The van der Waals surface area contributed by atoms with Crippen LogP contribution in [0.15, 0.2) is 0 Å². The van der Waals surface area contributed by atoms with Crippen molar-refractivity contribution in [2.45, 2.75) is 45.4 Å². The first kappa shape index (κ1) is 11.6. The van der Waals surface area contributed by atoms with Crippen molar-refractivity contribution in [3.63, 3.8) is 0 Å². The average Bonchev–Trinajstić information content (AvgIpc) is 2.25. The molecule has 0 aromatic rings. The third kappa shape index (κ3) is 4.15. The van der Waals surface area contributed by atoms with Crippen LogP contribution in [0.2, 0.25) is 0 Å². The Kier molecular flexibility index (Phi) is 5.71. The lowest BCUT2D eigenvalue weighted by molar-refractivity contribution is 0.263. The monoisotopic (exact) mass is 193 g/mol. The Morgan fingerprint density at radius 1 is 1.21 bits per heavy atom. The van der Waals surface area contributed by atoms with E-state index in [0.29, 0.717) is 0 Å². The van der Waals surface area contributed by atoms with Crippen LogP contribution in [0.1, 0.15) is 45.4 Å². The maximum absolute atomic E-state index is 5.19. The Hall–Kier alpha value is -0.480. The van der Waals surface area contributed by atoms with Crippen molar-refractivity contribution in [1.82, 2.24) is 5.32 Å². The Bertz CT molecular complexity index is 172. The zero-order valence-corrected chi connectivity index (χ0v) is 9.39. The highest BCUT2D eigenvalue weighted by Gasteiger charge is 2.19. The highest BCUT2D eigenvalue weighted by molar-refractivity contribution is 4.84. The molecule has 1 fully saturated rings. The van der Waals surface area contributed by atoms with E-state index in [9.17, 15) is 0 Å². The Balaban J connectivity index is 2.02. The van der Waals surface area contributed by atoms with E-state index in [1.807, 2.05) is 0 Å². The van der Waals surface area contributed by atoms with E-state index in [4.69, 9.17) is 6.42 Å². The topological polar surface area (TPSA) is 12.0 Å². The van der Waals surface area contributed by atoms with Gasteiger partial charge >= 0.3 is 0 Å². The number of terminal acetylenes is 1. The van der Waals surface area contributed by atoms with Gasteiger partial charge in [-0.25, -0.2) is 0 Å². The van der Waals surface area contributed by atoms with E-state index in [2.05, 4.69) is 18.2 Å². The molecule has 1 saturated carbocycles. The molecule has 0 atom stereocenters. The maximum atomic E-state index is 5.19. The third-order valence-electron chi connectivity index (χ3n) is 3.42. The first-order valence-corrected chi connectivity index (χ1v) is 6.01. The van der Waals surface area contributed by atoms with Crippen molar-refractivity contribution in [3.8, 4) is 12.3 Å². The molecule has 1 rings (SSSR count). The van der Waals surface area contributed by atoms with Gasteiger partial charge in [-0.05, 0) is 31.2 Å². The summed E-state index contributed by atoms with van der Waals surface area (Å²) in [6.45, 7) is 4.48. The average molecular weight is 193 g/mol. The number of hydrogen-bond donors (Lipinski definition) is 1. The Morgan fingerprint density at radius 2 is 1.86 bits per heavy atom. The van der Waals surface area contributed by atoms with Crippen LogP contribution in [0.25, 0.3) is 0 Å². The van der Waals surface area contributed by atoms with E-state index in [-0.39, 0.29) is 0 Å². The Morgan fingerprint density at radius 3 is 2.43 bits per heavy atom. The van der Waals surface area contributed by atoms with Crippen molar-refractivity contribution in [2.75, 3.05) is 13.1 Å². The van der Waals surface area contributed by atoms with Crippen LogP contribution in [0.3, 0.4) is 0 Å². The van der Waals surface area contributed by atoms with Gasteiger partial charge in [-0.3, -0.25) is 0 Å². The molecule has 0 aromatic heterocycles. The molecule has 1 nitrogen and oxygen atoms in total. The largest absolute Gasteiger partial charge is 0.316 e. The van der Waals surface area contributed by atoms with Crippen molar-refractivity contribution in [3.05, 3.63) is 0 Å². The van der Waals surface area contributed by atoms with Crippen molar-refractivity contribution in [1.29, 1.82) is 0 Å². The van der Waals surface area contributed by atoms with Crippen LogP contribution >= 0.6 is 0 Å². The van der Waals surface area contributed by atoms with Crippen LogP contribution in [-0.2, 0) is 0 Å². The van der Waals surface area contributed by atoms with Gasteiger partial charge in [0.15, 0.2) is 0 Å².